The fraction of sp³-hybridized carbons (Fsp3) is 0.273. The van der Waals surface area contributed by atoms with Crippen LogP contribution in [0.1, 0.15) is 12.7 Å². The molecule has 0 saturated carbocycles. The van der Waals surface area contributed by atoms with E-state index in [0.717, 1.165) is 11.4 Å². The fourth-order valence-electron chi connectivity index (χ4n) is 1.27. The monoisotopic (exact) mass is 203 g/mol. The summed E-state index contributed by atoms with van der Waals surface area (Å²) in [7, 11) is 0. The lowest BCUT2D eigenvalue weighted by Gasteiger charge is -1.94. The van der Waals surface area contributed by atoms with E-state index in [9.17, 15) is 0 Å². The zero-order valence-corrected chi connectivity index (χ0v) is 8.60. The summed E-state index contributed by atoms with van der Waals surface area (Å²) in [4.78, 5) is 4.33. The summed E-state index contributed by atoms with van der Waals surface area (Å²) in [6.45, 7) is 3.12. The molecule has 0 aliphatic heterocycles. The van der Waals surface area contributed by atoms with Gasteiger partial charge < -0.3 is 4.74 Å². The molecular formula is C11H13N3O. The molecular weight excluding hydrogens is 190 g/mol. The molecule has 2 rings (SSSR count). The number of ether oxygens (including phenoxy) is 1. The molecule has 15 heavy (non-hydrogen) atoms. The van der Waals surface area contributed by atoms with Gasteiger partial charge in [0.15, 0.2) is 11.6 Å². The first-order valence-corrected chi connectivity index (χ1v) is 4.94. The fourth-order valence-corrected chi connectivity index (χ4v) is 1.27. The SMILES string of the molecule is CCOCc1nc(-c2ccccc2)n[nH]1. The molecule has 0 bridgehead atoms. The van der Waals surface area contributed by atoms with Gasteiger partial charge in [0.25, 0.3) is 0 Å². The van der Waals surface area contributed by atoms with E-state index in [2.05, 4.69) is 15.2 Å². The van der Waals surface area contributed by atoms with Crippen molar-refractivity contribution in [2.45, 2.75) is 13.5 Å². The van der Waals surface area contributed by atoms with Crippen molar-refractivity contribution in [3.05, 3.63) is 36.2 Å². The van der Waals surface area contributed by atoms with Gasteiger partial charge in [0.05, 0.1) is 0 Å². The topological polar surface area (TPSA) is 50.8 Å². The summed E-state index contributed by atoms with van der Waals surface area (Å²) in [5.74, 6) is 1.47. The molecule has 1 heterocycles. The molecule has 2 aromatic rings. The van der Waals surface area contributed by atoms with Crippen LogP contribution >= 0.6 is 0 Å². The van der Waals surface area contributed by atoms with Crippen LogP contribution in [0.5, 0.6) is 0 Å². The van der Waals surface area contributed by atoms with Crippen LogP contribution in [0.2, 0.25) is 0 Å². The second-order valence-electron chi connectivity index (χ2n) is 3.11. The van der Waals surface area contributed by atoms with E-state index in [4.69, 9.17) is 4.74 Å². The van der Waals surface area contributed by atoms with Crippen LogP contribution in [-0.2, 0) is 11.3 Å². The maximum Gasteiger partial charge on any atom is 0.181 e. The minimum Gasteiger partial charge on any atom is -0.374 e. The highest BCUT2D eigenvalue weighted by molar-refractivity contribution is 5.53. The molecule has 1 N–H and O–H groups in total. The molecule has 4 nitrogen and oxygen atoms in total. The Morgan fingerprint density at radius 1 is 1.27 bits per heavy atom. The van der Waals surface area contributed by atoms with Crippen molar-refractivity contribution in [1.29, 1.82) is 0 Å². The van der Waals surface area contributed by atoms with Crippen LogP contribution in [0, 0.1) is 0 Å². The van der Waals surface area contributed by atoms with Crippen molar-refractivity contribution in [3.8, 4) is 11.4 Å². The molecule has 0 amide bonds. The van der Waals surface area contributed by atoms with E-state index in [1.54, 1.807) is 0 Å². The lowest BCUT2D eigenvalue weighted by atomic mass is 10.2. The summed E-state index contributed by atoms with van der Waals surface area (Å²) < 4.78 is 5.23. The Bertz CT molecular complexity index is 411. The minimum absolute atomic E-state index is 0.482. The van der Waals surface area contributed by atoms with E-state index >= 15 is 0 Å². The van der Waals surface area contributed by atoms with Crippen LogP contribution < -0.4 is 0 Å². The van der Waals surface area contributed by atoms with Crippen LogP contribution in [0.15, 0.2) is 30.3 Å². The predicted molar refractivity (Wildman–Crippen MR) is 57.1 cm³/mol. The number of nitrogens with one attached hydrogen (secondary N) is 1. The van der Waals surface area contributed by atoms with Gasteiger partial charge in [-0.2, -0.15) is 5.10 Å². The molecule has 0 atom stereocenters. The second kappa shape index (κ2) is 4.70. The maximum atomic E-state index is 5.23. The number of H-pyrrole nitrogens is 1. The van der Waals surface area contributed by atoms with Gasteiger partial charge >= 0.3 is 0 Å². The van der Waals surface area contributed by atoms with E-state index in [1.165, 1.54) is 0 Å². The Labute approximate surface area is 88.3 Å². The molecule has 0 aliphatic carbocycles. The van der Waals surface area contributed by atoms with Gasteiger partial charge in [0.2, 0.25) is 0 Å². The lowest BCUT2D eigenvalue weighted by molar-refractivity contribution is 0.128. The zero-order chi connectivity index (χ0) is 10.5. The Balaban J connectivity index is 2.14. The van der Waals surface area contributed by atoms with Gasteiger partial charge in [0.1, 0.15) is 6.61 Å². The highest BCUT2D eigenvalue weighted by Crippen LogP contribution is 2.13. The number of aromatic nitrogens is 3. The average molecular weight is 203 g/mol. The number of nitrogens with zero attached hydrogens (tertiary/aromatic N) is 2. The average Bonchev–Trinajstić information content (AvgIpc) is 2.76. The Kier molecular flexibility index (Phi) is 3.09. The van der Waals surface area contributed by atoms with Crippen molar-refractivity contribution >= 4 is 0 Å². The van der Waals surface area contributed by atoms with Crippen molar-refractivity contribution < 1.29 is 4.74 Å². The quantitative estimate of drug-likeness (QED) is 0.826. The van der Waals surface area contributed by atoms with E-state index in [-0.39, 0.29) is 0 Å². The van der Waals surface area contributed by atoms with E-state index in [0.29, 0.717) is 19.0 Å². The van der Waals surface area contributed by atoms with Gasteiger partial charge in [-0.05, 0) is 6.92 Å². The third-order valence-electron chi connectivity index (χ3n) is 2.01. The smallest absolute Gasteiger partial charge is 0.181 e. The number of hydrogen-bond acceptors (Lipinski definition) is 3. The van der Waals surface area contributed by atoms with Gasteiger partial charge in [-0.25, -0.2) is 4.98 Å². The first-order valence-electron chi connectivity index (χ1n) is 4.94. The zero-order valence-electron chi connectivity index (χ0n) is 8.60. The maximum absolute atomic E-state index is 5.23. The highest BCUT2D eigenvalue weighted by Gasteiger charge is 2.04. The third kappa shape index (κ3) is 2.41. The first kappa shape index (κ1) is 9.86. The van der Waals surface area contributed by atoms with Gasteiger partial charge in [-0.1, -0.05) is 30.3 Å². The van der Waals surface area contributed by atoms with Crippen molar-refractivity contribution in [1.82, 2.24) is 15.2 Å². The summed E-state index contributed by atoms with van der Waals surface area (Å²) in [5.41, 5.74) is 1.01. The summed E-state index contributed by atoms with van der Waals surface area (Å²) in [5, 5.41) is 6.98. The summed E-state index contributed by atoms with van der Waals surface area (Å²) >= 11 is 0. The molecule has 0 saturated heterocycles. The van der Waals surface area contributed by atoms with E-state index in [1.807, 2.05) is 37.3 Å². The number of aromatic amines is 1. The third-order valence-corrected chi connectivity index (χ3v) is 2.01. The molecule has 0 unspecified atom stereocenters. The highest BCUT2D eigenvalue weighted by atomic mass is 16.5. The van der Waals surface area contributed by atoms with Crippen molar-refractivity contribution in [2.24, 2.45) is 0 Å². The number of rotatable bonds is 4. The molecule has 0 radical (unpaired) electrons. The first-order chi connectivity index (χ1) is 7.40. The number of hydrogen-bond donors (Lipinski definition) is 1. The van der Waals surface area contributed by atoms with Gasteiger partial charge in [-0.3, -0.25) is 5.10 Å². The molecule has 0 spiro atoms. The summed E-state index contributed by atoms with van der Waals surface area (Å²) in [6, 6.07) is 9.86. The van der Waals surface area contributed by atoms with Gasteiger partial charge in [-0.15, -0.1) is 0 Å². The largest absolute Gasteiger partial charge is 0.374 e. The minimum atomic E-state index is 0.482. The van der Waals surface area contributed by atoms with Gasteiger partial charge in [0, 0.05) is 12.2 Å². The molecule has 78 valence electrons. The van der Waals surface area contributed by atoms with Crippen LogP contribution in [0.4, 0.5) is 0 Å². The molecule has 4 heteroatoms. The Morgan fingerprint density at radius 2 is 2.07 bits per heavy atom. The molecule has 0 fully saturated rings. The van der Waals surface area contributed by atoms with Crippen molar-refractivity contribution in [3.63, 3.8) is 0 Å². The predicted octanol–water partition coefficient (Wildman–Crippen LogP) is 2.01. The second-order valence-corrected chi connectivity index (χ2v) is 3.11. The lowest BCUT2D eigenvalue weighted by Crippen LogP contribution is -1.93. The van der Waals surface area contributed by atoms with Crippen LogP contribution in [0.3, 0.4) is 0 Å². The summed E-state index contributed by atoms with van der Waals surface area (Å²) in [6.07, 6.45) is 0. The van der Waals surface area contributed by atoms with Crippen molar-refractivity contribution in [2.75, 3.05) is 6.61 Å². The number of benzene rings is 1. The molecule has 1 aromatic carbocycles. The Morgan fingerprint density at radius 3 is 2.80 bits per heavy atom. The molecule has 1 aromatic heterocycles. The van der Waals surface area contributed by atoms with E-state index < -0.39 is 0 Å². The normalized spacial score (nSPS) is 10.5. The standard InChI is InChI=1S/C11H13N3O/c1-2-15-8-10-12-11(14-13-10)9-6-4-3-5-7-9/h3-7H,2,8H2,1H3,(H,12,13,14). The molecule has 0 aliphatic rings. The van der Waals surface area contributed by atoms with Crippen LogP contribution in [-0.4, -0.2) is 21.8 Å². The Hall–Kier alpha value is -1.68. The van der Waals surface area contributed by atoms with Crippen LogP contribution in [0.25, 0.3) is 11.4 Å².